The molecule has 26 heavy (non-hydrogen) atoms. The molecule has 0 radical (unpaired) electrons. The Hall–Kier alpha value is -2.86. The van der Waals surface area contributed by atoms with Crippen LogP contribution in [0, 0.1) is 34.6 Å². The summed E-state index contributed by atoms with van der Waals surface area (Å²) in [7, 11) is 2.45. The van der Waals surface area contributed by atoms with E-state index in [2.05, 4.69) is 21.5 Å². The van der Waals surface area contributed by atoms with Crippen molar-refractivity contribution in [2.75, 3.05) is 0 Å². The van der Waals surface area contributed by atoms with Crippen molar-refractivity contribution < 1.29 is 17.6 Å². The first-order valence-corrected chi connectivity index (χ1v) is 7.71. The van der Waals surface area contributed by atoms with Gasteiger partial charge in [-0.05, 0) is 10.9 Å². The van der Waals surface area contributed by atoms with Gasteiger partial charge in [-0.15, -0.1) is 15.0 Å². The minimum Gasteiger partial charge on any atom is -0.398 e. The zero-order valence-electron chi connectivity index (χ0n) is 13.8. The number of nitriles is 1. The highest BCUT2D eigenvalue weighted by molar-refractivity contribution is 7.27. The fourth-order valence-electron chi connectivity index (χ4n) is 2.08. The molecule has 0 aromatic heterocycles. The van der Waals surface area contributed by atoms with Gasteiger partial charge >= 0.3 is 0 Å². The van der Waals surface area contributed by atoms with Crippen LogP contribution in [-0.4, -0.2) is 0 Å². The van der Waals surface area contributed by atoms with E-state index in [1.54, 1.807) is 18.2 Å². The summed E-state index contributed by atoms with van der Waals surface area (Å²) >= 11 is 0. The predicted molar refractivity (Wildman–Crippen MR) is 97.3 cm³/mol. The Kier molecular flexibility index (Phi) is 7.80. The molecule has 2 rings (SSSR count). The number of nitrogens with zero attached hydrogens (tertiary/aromatic N) is 1. The summed E-state index contributed by atoms with van der Waals surface area (Å²) in [5, 5.41) is 8.14. The number of allylic oxidation sites excluding steroid dienone is 1. The van der Waals surface area contributed by atoms with E-state index in [1.165, 1.54) is 25.1 Å². The van der Waals surface area contributed by atoms with E-state index in [0.717, 1.165) is 5.30 Å². The molecule has 0 saturated carbocycles. The van der Waals surface area contributed by atoms with E-state index >= 15 is 0 Å². The zero-order chi connectivity index (χ0) is 19.9. The van der Waals surface area contributed by atoms with E-state index < -0.39 is 28.8 Å². The van der Waals surface area contributed by atoms with Crippen molar-refractivity contribution in [2.24, 2.45) is 5.73 Å². The summed E-state index contributed by atoms with van der Waals surface area (Å²) in [5.41, 5.74) is 7.29. The summed E-state index contributed by atoms with van der Waals surface area (Å²) in [6, 6.07) is 8.26. The highest BCUT2D eigenvalue weighted by Gasteiger charge is 2.24. The Morgan fingerprint density at radius 2 is 1.58 bits per heavy atom. The van der Waals surface area contributed by atoms with E-state index in [-0.39, 0.29) is 17.3 Å². The second-order valence-corrected chi connectivity index (χ2v) is 5.53. The smallest absolute Gasteiger partial charge is 0.169 e. The molecule has 0 amide bonds. The molecule has 0 spiro atoms. The third-order valence-corrected chi connectivity index (χ3v) is 3.49. The van der Waals surface area contributed by atoms with E-state index in [1.807, 2.05) is 0 Å². The van der Waals surface area contributed by atoms with Crippen LogP contribution in [0.25, 0.3) is 5.57 Å². The Balaban J connectivity index is 0.00000105. The summed E-state index contributed by atoms with van der Waals surface area (Å²) in [6.45, 7) is 4.76. The minimum atomic E-state index is -1.52. The molecule has 0 bridgehead atoms. The minimum absolute atomic E-state index is 0.126. The monoisotopic (exact) mass is 378 g/mol. The SMILES string of the molecule is C=C=C/C(N)=C(/c1ccc(P)cc1)c1c(F)c(F)cc(F)c1F.CC#N. The van der Waals surface area contributed by atoms with Gasteiger partial charge in [-0.2, -0.15) is 5.26 Å². The van der Waals surface area contributed by atoms with Crippen LogP contribution in [0.2, 0.25) is 0 Å². The standard InChI is InChI=1S/C17H12F4NP.C2H3N/c1-2-3-13(22)14(9-4-6-10(23)7-5-9)15-16(20)11(18)8-12(19)17(15)21;1-2-3/h3-8H,1,22-23H2;1H3/b14-13+;. The lowest BCUT2D eigenvalue weighted by Gasteiger charge is -2.14. The molecule has 2 nitrogen and oxygen atoms in total. The van der Waals surface area contributed by atoms with Crippen LogP contribution in [-0.2, 0) is 0 Å². The molecular formula is C19H15F4N2P. The van der Waals surface area contributed by atoms with Crippen molar-refractivity contribution in [3.8, 4) is 6.07 Å². The number of hydrogen-bond acceptors (Lipinski definition) is 2. The third kappa shape index (κ3) is 4.83. The summed E-state index contributed by atoms with van der Waals surface area (Å²) in [5.74, 6) is -6.05. The maximum Gasteiger partial charge on any atom is 0.169 e. The lowest BCUT2D eigenvalue weighted by atomic mass is 9.94. The van der Waals surface area contributed by atoms with Gasteiger partial charge in [0.15, 0.2) is 23.3 Å². The van der Waals surface area contributed by atoms with Crippen molar-refractivity contribution in [1.29, 1.82) is 5.26 Å². The molecule has 0 aliphatic carbocycles. The Bertz CT molecular complexity index is 896. The molecular weight excluding hydrogens is 363 g/mol. The first kappa shape index (κ1) is 21.2. The van der Waals surface area contributed by atoms with E-state index in [9.17, 15) is 17.6 Å². The number of nitrogens with two attached hydrogens (primary N) is 1. The van der Waals surface area contributed by atoms with Crippen molar-refractivity contribution in [3.63, 3.8) is 0 Å². The maximum absolute atomic E-state index is 14.1. The maximum atomic E-state index is 14.1. The first-order chi connectivity index (χ1) is 12.3. The van der Waals surface area contributed by atoms with Crippen molar-refractivity contribution in [1.82, 2.24) is 0 Å². The van der Waals surface area contributed by atoms with Crippen LogP contribution >= 0.6 is 9.24 Å². The van der Waals surface area contributed by atoms with Gasteiger partial charge in [-0.1, -0.05) is 30.8 Å². The lowest BCUT2D eigenvalue weighted by molar-refractivity contribution is 0.450. The lowest BCUT2D eigenvalue weighted by Crippen LogP contribution is -2.08. The average Bonchev–Trinajstić information content (AvgIpc) is 2.59. The quantitative estimate of drug-likeness (QED) is 0.284. The van der Waals surface area contributed by atoms with Gasteiger partial charge in [0.05, 0.1) is 11.6 Å². The normalized spacial score (nSPS) is 10.7. The van der Waals surface area contributed by atoms with Crippen LogP contribution in [0.3, 0.4) is 0 Å². The third-order valence-electron chi connectivity index (χ3n) is 3.11. The fraction of sp³-hybridized carbons (Fsp3) is 0.0526. The van der Waals surface area contributed by atoms with Crippen LogP contribution in [0.1, 0.15) is 18.1 Å². The molecule has 134 valence electrons. The van der Waals surface area contributed by atoms with Crippen molar-refractivity contribution >= 4 is 20.1 Å². The van der Waals surface area contributed by atoms with Gasteiger partial charge in [0.25, 0.3) is 0 Å². The molecule has 2 N–H and O–H groups in total. The van der Waals surface area contributed by atoms with Crippen LogP contribution in [0.15, 0.2) is 54.4 Å². The number of halogens is 4. The Morgan fingerprint density at radius 1 is 1.12 bits per heavy atom. The number of benzene rings is 2. The molecule has 0 heterocycles. The summed E-state index contributed by atoms with van der Waals surface area (Å²) in [4.78, 5) is 0. The fourth-order valence-corrected chi connectivity index (χ4v) is 2.27. The molecule has 0 aliphatic rings. The molecule has 2 aromatic rings. The number of hydrogen-bond donors (Lipinski definition) is 1. The van der Waals surface area contributed by atoms with Crippen LogP contribution in [0.4, 0.5) is 17.6 Å². The zero-order valence-corrected chi connectivity index (χ0v) is 14.9. The van der Waals surface area contributed by atoms with Gasteiger partial charge in [-0.3, -0.25) is 0 Å². The Morgan fingerprint density at radius 3 is 2.00 bits per heavy atom. The van der Waals surface area contributed by atoms with Gasteiger partial charge in [0.2, 0.25) is 0 Å². The molecule has 7 heteroatoms. The van der Waals surface area contributed by atoms with Crippen LogP contribution < -0.4 is 11.0 Å². The molecule has 2 aromatic carbocycles. The first-order valence-electron chi connectivity index (χ1n) is 7.14. The molecule has 0 aliphatic heterocycles. The summed E-state index contributed by atoms with van der Waals surface area (Å²) in [6.07, 6.45) is 1.17. The van der Waals surface area contributed by atoms with Gasteiger partial charge in [0, 0.05) is 30.3 Å². The van der Waals surface area contributed by atoms with Crippen LogP contribution in [0.5, 0.6) is 0 Å². The Labute approximate surface area is 151 Å². The average molecular weight is 378 g/mol. The molecule has 1 atom stereocenters. The second-order valence-electron chi connectivity index (χ2n) is 4.87. The van der Waals surface area contributed by atoms with E-state index in [4.69, 9.17) is 11.0 Å². The van der Waals surface area contributed by atoms with Gasteiger partial charge in [-0.25, -0.2) is 17.6 Å². The molecule has 0 saturated heterocycles. The van der Waals surface area contributed by atoms with Crippen molar-refractivity contribution in [2.45, 2.75) is 6.92 Å². The summed E-state index contributed by atoms with van der Waals surface area (Å²) < 4.78 is 55.3. The molecule has 1 unspecified atom stereocenters. The highest BCUT2D eigenvalue weighted by Crippen LogP contribution is 2.32. The highest BCUT2D eigenvalue weighted by atomic mass is 31.0. The van der Waals surface area contributed by atoms with E-state index in [0.29, 0.717) is 5.56 Å². The second kappa shape index (κ2) is 9.58. The van der Waals surface area contributed by atoms with Gasteiger partial charge < -0.3 is 5.73 Å². The predicted octanol–water partition coefficient (Wildman–Crippen LogP) is 4.33. The largest absolute Gasteiger partial charge is 0.398 e. The molecule has 0 fully saturated rings. The topological polar surface area (TPSA) is 49.8 Å². The van der Waals surface area contributed by atoms with Crippen molar-refractivity contribution in [3.05, 3.63) is 88.8 Å². The number of rotatable bonds is 3. The van der Waals surface area contributed by atoms with Gasteiger partial charge in [0.1, 0.15) is 0 Å².